The lowest BCUT2D eigenvalue weighted by Crippen LogP contribution is -2.18. The third kappa shape index (κ3) is 2.57. The van der Waals surface area contributed by atoms with Crippen molar-refractivity contribution in [1.82, 2.24) is 0 Å². The van der Waals surface area contributed by atoms with Crippen molar-refractivity contribution in [2.45, 2.75) is 25.3 Å². The Balaban J connectivity index is 2.10. The molecule has 2 atom stereocenters. The van der Waals surface area contributed by atoms with Crippen LogP contribution in [0.2, 0.25) is 5.02 Å². The van der Waals surface area contributed by atoms with Gasteiger partial charge < -0.3 is 10.4 Å². The van der Waals surface area contributed by atoms with Crippen molar-refractivity contribution in [2.75, 3.05) is 5.32 Å². The Morgan fingerprint density at radius 1 is 1.50 bits per heavy atom. The largest absolute Gasteiger partial charge is 0.481 e. The highest BCUT2D eigenvalue weighted by Gasteiger charge is 2.29. The van der Waals surface area contributed by atoms with E-state index in [1.54, 1.807) is 18.2 Å². The van der Waals surface area contributed by atoms with Crippen LogP contribution in [0.25, 0.3) is 0 Å². The number of benzene rings is 1. The fourth-order valence-corrected chi connectivity index (χ4v) is 2.53. The summed E-state index contributed by atoms with van der Waals surface area (Å²) >= 11 is 5.94. The highest BCUT2D eigenvalue weighted by molar-refractivity contribution is 6.32. The van der Waals surface area contributed by atoms with Gasteiger partial charge in [0, 0.05) is 6.04 Å². The first-order valence-corrected chi connectivity index (χ1v) is 6.17. The maximum Gasteiger partial charge on any atom is 0.306 e. The van der Waals surface area contributed by atoms with E-state index >= 15 is 0 Å². The first-order chi connectivity index (χ1) is 8.61. The number of carboxylic acid groups (broad SMARTS) is 1. The van der Waals surface area contributed by atoms with E-state index in [0.29, 0.717) is 29.1 Å². The van der Waals surface area contributed by atoms with Crippen LogP contribution in [-0.2, 0) is 4.79 Å². The summed E-state index contributed by atoms with van der Waals surface area (Å²) in [6.45, 7) is 0. The number of nitrogens with one attached hydrogen (secondary N) is 1. The van der Waals surface area contributed by atoms with Crippen LogP contribution in [0.1, 0.15) is 24.8 Å². The normalized spacial score (nSPS) is 22.4. The Morgan fingerprint density at radius 3 is 2.89 bits per heavy atom. The molecule has 1 aliphatic carbocycles. The van der Waals surface area contributed by atoms with Gasteiger partial charge in [-0.05, 0) is 31.4 Å². The highest BCUT2D eigenvalue weighted by Crippen LogP contribution is 2.30. The molecule has 18 heavy (non-hydrogen) atoms. The third-order valence-electron chi connectivity index (χ3n) is 3.27. The number of carbonyl (C=O) groups is 1. The van der Waals surface area contributed by atoms with Crippen molar-refractivity contribution in [3.05, 3.63) is 28.8 Å². The molecule has 1 aliphatic rings. The Kier molecular flexibility index (Phi) is 3.73. The summed E-state index contributed by atoms with van der Waals surface area (Å²) in [5, 5.41) is 21.6. The quantitative estimate of drug-likeness (QED) is 0.880. The van der Waals surface area contributed by atoms with E-state index < -0.39 is 5.97 Å². The SMILES string of the molecule is N#Cc1c(Cl)cccc1N[C@H]1CC[C@@H](C(=O)O)C1. The molecule has 1 saturated carbocycles. The zero-order chi connectivity index (χ0) is 13.1. The van der Waals surface area contributed by atoms with Crippen LogP contribution in [0, 0.1) is 17.2 Å². The first kappa shape index (κ1) is 12.7. The molecule has 0 aromatic heterocycles. The minimum absolute atomic E-state index is 0.0941. The molecule has 2 rings (SSSR count). The van der Waals surface area contributed by atoms with E-state index in [4.69, 9.17) is 22.0 Å². The van der Waals surface area contributed by atoms with Crippen LogP contribution in [0.4, 0.5) is 5.69 Å². The van der Waals surface area contributed by atoms with Crippen molar-refractivity contribution < 1.29 is 9.90 Å². The van der Waals surface area contributed by atoms with Gasteiger partial charge in [0.05, 0.1) is 22.2 Å². The van der Waals surface area contributed by atoms with Gasteiger partial charge in [-0.3, -0.25) is 4.79 Å². The minimum Gasteiger partial charge on any atom is -0.481 e. The second-order valence-corrected chi connectivity index (χ2v) is 4.87. The van der Waals surface area contributed by atoms with Crippen LogP contribution in [0.5, 0.6) is 0 Å². The smallest absolute Gasteiger partial charge is 0.306 e. The molecular formula is C13H13ClN2O2. The molecule has 0 unspecified atom stereocenters. The molecular weight excluding hydrogens is 252 g/mol. The van der Waals surface area contributed by atoms with E-state index in [1.165, 1.54) is 0 Å². The molecule has 0 spiro atoms. The van der Waals surface area contributed by atoms with Crippen LogP contribution < -0.4 is 5.32 Å². The molecule has 94 valence electrons. The van der Waals surface area contributed by atoms with E-state index in [0.717, 1.165) is 6.42 Å². The molecule has 1 aromatic carbocycles. The number of nitriles is 1. The van der Waals surface area contributed by atoms with E-state index in [9.17, 15) is 4.79 Å². The Hall–Kier alpha value is -1.73. The molecule has 0 heterocycles. The number of halogens is 1. The molecule has 0 radical (unpaired) electrons. The number of hydrogen-bond donors (Lipinski definition) is 2. The zero-order valence-electron chi connectivity index (χ0n) is 9.69. The van der Waals surface area contributed by atoms with Crippen molar-refractivity contribution >= 4 is 23.3 Å². The van der Waals surface area contributed by atoms with Gasteiger partial charge in [-0.25, -0.2) is 0 Å². The molecule has 0 bridgehead atoms. The van der Waals surface area contributed by atoms with Gasteiger partial charge in [-0.15, -0.1) is 0 Å². The molecule has 1 fully saturated rings. The molecule has 0 amide bonds. The summed E-state index contributed by atoms with van der Waals surface area (Å²) in [6, 6.07) is 7.38. The van der Waals surface area contributed by atoms with E-state index in [1.807, 2.05) is 0 Å². The average Bonchev–Trinajstić information content (AvgIpc) is 2.78. The summed E-state index contributed by atoms with van der Waals surface area (Å²) < 4.78 is 0. The number of rotatable bonds is 3. The summed E-state index contributed by atoms with van der Waals surface area (Å²) in [5.74, 6) is -1.03. The molecule has 4 nitrogen and oxygen atoms in total. The first-order valence-electron chi connectivity index (χ1n) is 5.79. The monoisotopic (exact) mass is 264 g/mol. The van der Waals surface area contributed by atoms with Gasteiger partial charge >= 0.3 is 5.97 Å². The topological polar surface area (TPSA) is 73.1 Å². The number of hydrogen-bond acceptors (Lipinski definition) is 3. The lowest BCUT2D eigenvalue weighted by atomic mass is 10.1. The summed E-state index contributed by atoms with van der Waals surface area (Å²) in [4.78, 5) is 10.9. The number of nitrogens with zero attached hydrogens (tertiary/aromatic N) is 1. The number of carboxylic acids is 1. The van der Waals surface area contributed by atoms with Gasteiger partial charge in [-0.2, -0.15) is 5.26 Å². The fourth-order valence-electron chi connectivity index (χ4n) is 2.31. The van der Waals surface area contributed by atoms with Crippen molar-refractivity contribution in [1.29, 1.82) is 5.26 Å². The summed E-state index contributed by atoms with van der Waals surface area (Å²) in [6.07, 6.45) is 2.07. The van der Waals surface area contributed by atoms with Crippen LogP contribution >= 0.6 is 11.6 Å². The molecule has 0 aliphatic heterocycles. The molecule has 1 aromatic rings. The van der Waals surface area contributed by atoms with Crippen LogP contribution in [-0.4, -0.2) is 17.1 Å². The van der Waals surface area contributed by atoms with Crippen molar-refractivity contribution in [3.63, 3.8) is 0 Å². The molecule has 5 heteroatoms. The van der Waals surface area contributed by atoms with Gasteiger partial charge in [0.1, 0.15) is 6.07 Å². The van der Waals surface area contributed by atoms with Crippen LogP contribution in [0.3, 0.4) is 0 Å². The second kappa shape index (κ2) is 5.28. The molecule has 0 saturated heterocycles. The maximum atomic E-state index is 10.9. The van der Waals surface area contributed by atoms with Crippen molar-refractivity contribution in [2.24, 2.45) is 5.92 Å². The van der Waals surface area contributed by atoms with Crippen molar-refractivity contribution in [3.8, 4) is 6.07 Å². The average molecular weight is 265 g/mol. The summed E-state index contributed by atoms with van der Waals surface area (Å²) in [7, 11) is 0. The predicted octanol–water partition coefficient (Wildman–Crippen LogP) is 2.88. The lowest BCUT2D eigenvalue weighted by molar-refractivity contribution is -0.141. The van der Waals surface area contributed by atoms with E-state index in [-0.39, 0.29) is 12.0 Å². The lowest BCUT2D eigenvalue weighted by Gasteiger charge is -2.15. The maximum absolute atomic E-state index is 10.9. The Bertz CT molecular complexity index is 510. The van der Waals surface area contributed by atoms with Gasteiger partial charge in [0.2, 0.25) is 0 Å². The van der Waals surface area contributed by atoms with Gasteiger partial charge in [0.25, 0.3) is 0 Å². The van der Waals surface area contributed by atoms with Gasteiger partial charge in [0.15, 0.2) is 0 Å². The Morgan fingerprint density at radius 2 is 2.28 bits per heavy atom. The molecule has 2 N–H and O–H groups in total. The number of aliphatic carboxylic acids is 1. The highest BCUT2D eigenvalue weighted by atomic mass is 35.5. The van der Waals surface area contributed by atoms with Gasteiger partial charge in [-0.1, -0.05) is 17.7 Å². The predicted molar refractivity (Wildman–Crippen MR) is 68.6 cm³/mol. The van der Waals surface area contributed by atoms with E-state index in [2.05, 4.69) is 11.4 Å². The second-order valence-electron chi connectivity index (χ2n) is 4.46. The van der Waals surface area contributed by atoms with Crippen LogP contribution in [0.15, 0.2) is 18.2 Å². The number of anilines is 1. The standard InChI is InChI=1S/C13H13ClN2O2/c14-11-2-1-3-12(10(11)7-15)16-9-5-4-8(6-9)13(17)18/h1-3,8-9,16H,4-6H2,(H,17,18)/t8-,9+/m1/s1. The third-order valence-corrected chi connectivity index (χ3v) is 3.58. The fraction of sp³-hybridized carbons (Fsp3) is 0.385. The Labute approximate surface area is 110 Å². The zero-order valence-corrected chi connectivity index (χ0v) is 10.4. The summed E-state index contributed by atoms with van der Waals surface area (Å²) in [5.41, 5.74) is 1.10. The minimum atomic E-state index is -0.745.